The van der Waals surface area contributed by atoms with E-state index in [-0.39, 0.29) is 33.5 Å². The van der Waals surface area contributed by atoms with Gasteiger partial charge in [-0.15, -0.1) is 0 Å². The molecule has 40 heavy (non-hydrogen) atoms. The van der Waals surface area contributed by atoms with E-state index >= 15 is 0 Å². The molecule has 7 N–H and O–H groups in total. The molecule has 0 bridgehead atoms. The van der Waals surface area contributed by atoms with Crippen molar-refractivity contribution in [2.24, 2.45) is 0 Å². The van der Waals surface area contributed by atoms with Crippen LogP contribution in [0.4, 0.5) is 0 Å². The zero-order valence-electron chi connectivity index (χ0n) is 20.0. The average molecular weight is 597 g/mol. The Labute approximate surface area is 236 Å². The van der Waals surface area contributed by atoms with Crippen molar-refractivity contribution in [1.29, 1.82) is 0 Å². The number of nitrogens with zero attached hydrogens (tertiary/aromatic N) is 3. The molecule has 0 atom stereocenters. The molecule has 0 aliphatic carbocycles. The van der Waals surface area contributed by atoms with Gasteiger partial charge in [-0.05, 0) is 42.5 Å². The van der Waals surface area contributed by atoms with Crippen molar-refractivity contribution in [3.05, 3.63) is 108 Å². The summed E-state index contributed by atoms with van der Waals surface area (Å²) in [5.41, 5.74) is 0.331. The molecule has 0 saturated heterocycles. The van der Waals surface area contributed by atoms with Gasteiger partial charge in [0.05, 0.1) is 46.7 Å². The van der Waals surface area contributed by atoms with E-state index in [0.29, 0.717) is 0 Å². The first-order chi connectivity index (χ1) is 17.2. The first-order valence-corrected chi connectivity index (χ1v) is 9.86. The molecule has 0 aliphatic heterocycles. The van der Waals surface area contributed by atoms with E-state index in [1.807, 2.05) is 42.6 Å². The minimum Gasteiger partial charge on any atom is -0.543 e. The standard InChI is InChI=1S/C10H8N2.2C7H5NO4.Fe.3H2O/c1-3-7-11-9(5-1)10-6-2-4-8-12-10;2*9-6(10)4-2-1-3-5(8-4)7(11)12;;;;/h1-8H;2*1-3H,(H,9,10)(H,11,12);;3*1H2/q;;;+3;;;/p-3. The first-order valence-electron chi connectivity index (χ1n) is 9.86. The molecule has 1 radical (unpaired) electrons. The number of carboxylic acids is 4. The van der Waals surface area contributed by atoms with Crippen molar-refractivity contribution >= 4 is 23.9 Å². The van der Waals surface area contributed by atoms with Gasteiger partial charge in [0.2, 0.25) is 5.69 Å². The van der Waals surface area contributed by atoms with Gasteiger partial charge in [-0.25, -0.2) is 19.9 Å². The summed E-state index contributed by atoms with van der Waals surface area (Å²) in [6.45, 7) is 0. The van der Waals surface area contributed by atoms with Gasteiger partial charge in [-0.3, -0.25) is 0 Å². The topological polar surface area (TPSA) is 308 Å². The van der Waals surface area contributed by atoms with Crippen molar-refractivity contribution in [2.45, 2.75) is 0 Å². The van der Waals surface area contributed by atoms with Crippen LogP contribution in [-0.2, 0) is 17.1 Å². The van der Waals surface area contributed by atoms with Crippen LogP contribution in [0.2, 0.25) is 0 Å². The van der Waals surface area contributed by atoms with Crippen molar-refractivity contribution in [1.82, 2.24) is 15.0 Å². The van der Waals surface area contributed by atoms with Crippen LogP contribution < -0.4 is 25.4 Å². The number of aromatic nitrogens is 4. The monoisotopic (exact) mass is 597 g/mol. The smallest absolute Gasteiger partial charge is 0.543 e. The summed E-state index contributed by atoms with van der Waals surface area (Å²) in [7, 11) is 0. The Kier molecular flexibility index (Phi) is 19.6. The fraction of sp³-hybridized carbons (Fsp3) is 0. The van der Waals surface area contributed by atoms with Crippen molar-refractivity contribution < 1.29 is 78.1 Å². The molecule has 0 saturated carbocycles. The Morgan fingerprint density at radius 3 is 1.25 bits per heavy atom. The van der Waals surface area contributed by atoms with E-state index in [4.69, 9.17) is 0 Å². The van der Waals surface area contributed by atoms with Gasteiger partial charge in [0.25, 0.3) is 0 Å². The molecule has 211 valence electrons. The van der Waals surface area contributed by atoms with Gasteiger partial charge in [0.1, 0.15) is 5.69 Å². The average Bonchev–Trinajstić information content (AvgIpc) is 2.90. The maximum Gasteiger partial charge on any atom is 3.00 e. The molecule has 4 heterocycles. The summed E-state index contributed by atoms with van der Waals surface area (Å²) in [6.07, 6.45) is 3.68. The van der Waals surface area contributed by atoms with E-state index in [0.717, 1.165) is 35.7 Å². The van der Waals surface area contributed by atoms with E-state index in [1.165, 1.54) is 12.1 Å². The van der Waals surface area contributed by atoms with Crippen LogP contribution >= 0.6 is 0 Å². The summed E-state index contributed by atoms with van der Waals surface area (Å²) in [5.74, 6) is -6.06. The SMILES string of the molecule is O.O.O.O=C([O-])c1cccc(C(=O)[O-])n1.O=C([O-])c1cccc(C(=O)[O-])n1.[Fe+3].c1ccc(-c2cccc[nH+]2)nc1. The van der Waals surface area contributed by atoms with Crippen molar-refractivity contribution in [2.75, 3.05) is 0 Å². The largest absolute Gasteiger partial charge is 3.00 e. The molecular formula is C24H21FeN4O11. The Balaban J connectivity index is -0.000000489. The molecule has 0 spiro atoms. The zero-order chi connectivity index (χ0) is 26.5. The number of hydrogen-bond donors (Lipinski definition) is 0. The molecule has 4 aromatic rings. The Bertz CT molecular complexity index is 1200. The van der Waals surface area contributed by atoms with Crippen LogP contribution in [0.25, 0.3) is 11.4 Å². The van der Waals surface area contributed by atoms with Gasteiger partial charge < -0.3 is 56.0 Å². The molecule has 4 aromatic heterocycles. The summed E-state index contributed by atoms with van der Waals surface area (Å²) in [4.78, 5) is 54.6. The Morgan fingerprint density at radius 2 is 0.950 bits per heavy atom. The number of aromatic carboxylic acids is 4. The maximum absolute atomic E-state index is 10.2. The third kappa shape index (κ3) is 12.9. The van der Waals surface area contributed by atoms with E-state index < -0.39 is 46.7 Å². The number of aromatic amines is 1. The second-order valence-electron chi connectivity index (χ2n) is 6.46. The third-order valence-corrected chi connectivity index (χ3v) is 3.98. The van der Waals surface area contributed by atoms with Gasteiger partial charge in [-0.1, -0.05) is 18.2 Å². The number of H-pyrrole nitrogens is 1. The summed E-state index contributed by atoms with van der Waals surface area (Å²) in [6, 6.07) is 18.9. The van der Waals surface area contributed by atoms with E-state index in [1.54, 1.807) is 6.20 Å². The van der Waals surface area contributed by atoms with Crippen LogP contribution in [0, 0.1) is 0 Å². The van der Waals surface area contributed by atoms with Crippen LogP contribution in [0.1, 0.15) is 42.0 Å². The summed E-state index contributed by atoms with van der Waals surface area (Å²) in [5, 5.41) is 40.8. The van der Waals surface area contributed by atoms with Crippen molar-refractivity contribution in [3.8, 4) is 11.4 Å². The number of rotatable bonds is 5. The van der Waals surface area contributed by atoms with Crippen molar-refractivity contribution in [3.63, 3.8) is 0 Å². The number of carbonyl (C=O) groups is 4. The van der Waals surface area contributed by atoms with Crippen LogP contribution in [-0.4, -0.2) is 55.3 Å². The predicted molar refractivity (Wildman–Crippen MR) is 123 cm³/mol. The minimum absolute atomic E-state index is 0. The molecular weight excluding hydrogens is 576 g/mol. The summed E-state index contributed by atoms with van der Waals surface area (Å²) >= 11 is 0. The van der Waals surface area contributed by atoms with Crippen LogP contribution in [0.5, 0.6) is 0 Å². The predicted octanol–water partition coefficient (Wildman–Crippen LogP) is -5.30. The first kappa shape index (κ1) is 39.4. The molecule has 15 nitrogen and oxygen atoms in total. The van der Waals surface area contributed by atoms with Gasteiger partial charge in [-0.2, -0.15) is 0 Å². The van der Waals surface area contributed by atoms with Gasteiger partial charge in [0, 0.05) is 18.3 Å². The van der Waals surface area contributed by atoms with E-state index in [9.17, 15) is 39.6 Å². The molecule has 0 aliphatic rings. The van der Waals surface area contributed by atoms with Gasteiger partial charge in [0.15, 0.2) is 6.20 Å². The molecule has 0 aromatic carbocycles. The van der Waals surface area contributed by atoms with E-state index in [2.05, 4.69) is 19.9 Å². The van der Waals surface area contributed by atoms with Crippen LogP contribution in [0.3, 0.4) is 0 Å². The number of carbonyl (C=O) groups excluding carboxylic acids is 4. The summed E-state index contributed by atoms with van der Waals surface area (Å²) < 4.78 is 0. The fourth-order valence-electron chi connectivity index (χ4n) is 2.40. The van der Waals surface area contributed by atoms with Gasteiger partial charge >= 0.3 is 17.1 Å². The second kappa shape index (κ2) is 19.9. The normalized spacial score (nSPS) is 8.50. The minimum atomic E-state index is -1.52. The molecule has 0 fully saturated rings. The molecule has 16 heteroatoms. The Morgan fingerprint density at radius 1 is 0.550 bits per heavy atom. The third-order valence-electron chi connectivity index (χ3n) is 3.98. The number of pyridine rings is 4. The molecule has 0 unspecified atom stereocenters. The molecule has 0 amide bonds. The molecule has 4 rings (SSSR count). The van der Waals surface area contributed by atoms with Crippen LogP contribution in [0.15, 0.2) is 85.2 Å². The second-order valence-corrected chi connectivity index (χ2v) is 6.46. The number of nitrogens with one attached hydrogen (secondary N) is 1. The number of hydrogen-bond acceptors (Lipinski definition) is 11. The fourth-order valence-corrected chi connectivity index (χ4v) is 2.40. The zero-order valence-corrected chi connectivity index (χ0v) is 21.1. The Hall–Kier alpha value is -5.12. The maximum atomic E-state index is 10.2. The quantitative estimate of drug-likeness (QED) is 0.196. The number of carboxylic acid groups (broad SMARTS) is 4.